The smallest absolute Gasteiger partial charge is 0.260 e. The minimum absolute atomic E-state index is 0.307. The number of hydrogen-bond acceptors (Lipinski definition) is 5. The van der Waals surface area contributed by atoms with Crippen LogP contribution in [0.1, 0.15) is 18.5 Å². The predicted molar refractivity (Wildman–Crippen MR) is 89.1 cm³/mol. The molecule has 4 heterocycles. The molecule has 24 heavy (non-hydrogen) atoms. The van der Waals surface area contributed by atoms with Crippen LogP contribution in [0.25, 0.3) is 0 Å². The summed E-state index contributed by atoms with van der Waals surface area (Å²) in [6, 6.07) is 2.28. The van der Waals surface area contributed by atoms with E-state index in [1.807, 2.05) is 6.92 Å². The van der Waals surface area contributed by atoms with Crippen molar-refractivity contribution in [2.75, 3.05) is 39.4 Å². The van der Waals surface area contributed by atoms with Gasteiger partial charge in [-0.05, 0) is 37.7 Å². The summed E-state index contributed by atoms with van der Waals surface area (Å²) in [5, 5.41) is 4.49. The van der Waals surface area contributed by atoms with E-state index in [2.05, 4.69) is 10.00 Å². The zero-order valence-corrected chi connectivity index (χ0v) is 15.2. The van der Waals surface area contributed by atoms with Crippen LogP contribution in [0.3, 0.4) is 0 Å². The number of aryl methyl sites for hydroxylation is 2. The Morgan fingerprint density at radius 2 is 1.75 bits per heavy atom. The maximum Gasteiger partial charge on any atom is 0.260 e. The highest BCUT2D eigenvalue weighted by Gasteiger charge is 2.46. The molecule has 0 N–H and O–H groups in total. The minimum atomic E-state index is -3.44. The van der Waals surface area contributed by atoms with Crippen molar-refractivity contribution >= 4 is 10.0 Å². The summed E-state index contributed by atoms with van der Waals surface area (Å²) < 4.78 is 34.4. The molecule has 7 nitrogen and oxygen atoms in total. The van der Waals surface area contributed by atoms with E-state index in [1.165, 1.54) is 4.68 Å². The van der Waals surface area contributed by atoms with E-state index in [4.69, 9.17) is 4.74 Å². The van der Waals surface area contributed by atoms with Gasteiger partial charge in [0.1, 0.15) is 0 Å². The van der Waals surface area contributed by atoms with Gasteiger partial charge in [-0.15, -0.1) is 0 Å². The fourth-order valence-corrected chi connectivity index (χ4v) is 6.23. The van der Waals surface area contributed by atoms with Crippen molar-refractivity contribution in [3.63, 3.8) is 0 Å². The van der Waals surface area contributed by atoms with Crippen molar-refractivity contribution < 1.29 is 13.2 Å². The van der Waals surface area contributed by atoms with Gasteiger partial charge in [0, 0.05) is 52.5 Å². The number of ether oxygens (including phenoxy) is 1. The minimum Gasteiger partial charge on any atom is -0.381 e. The lowest BCUT2D eigenvalue weighted by Gasteiger charge is -2.32. The lowest BCUT2D eigenvalue weighted by atomic mass is 10.0. The number of likely N-dealkylation sites (tertiary alicyclic amines) is 1. The van der Waals surface area contributed by atoms with Crippen LogP contribution in [0, 0.1) is 18.8 Å². The normalized spacial score (nSPS) is 30.1. The van der Waals surface area contributed by atoms with Gasteiger partial charge in [-0.25, -0.2) is 8.42 Å². The van der Waals surface area contributed by atoms with Crippen LogP contribution in [-0.4, -0.2) is 72.8 Å². The number of aromatic nitrogens is 2. The summed E-state index contributed by atoms with van der Waals surface area (Å²) in [4.78, 5) is 2.57. The Bertz CT molecular complexity index is 697. The number of sulfonamides is 1. The Balaban J connectivity index is 1.44. The van der Waals surface area contributed by atoms with Gasteiger partial charge < -0.3 is 4.74 Å². The van der Waals surface area contributed by atoms with Crippen LogP contribution in [0.2, 0.25) is 0 Å². The Morgan fingerprint density at radius 3 is 2.29 bits per heavy atom. The molecule has 0 aliphatic carbocycles. The van der Waals surface area contributed by atoms with E-state index >= 15 is 0 Å². The van der Waals surface area contributed by atoms with Gasteiger partial charge in [0.25, 0.3) is 10.0 Å². The predicted octanol–water partition coefficient (Wildman–Crippen LogP) is 0.460. The van der Waals surface area contributed by atoms with Crippen molar-refractivity contribution in [3.05, 3.63) is 11.8 Å². The van der Waals surface area contributed by atoms with Crippen molar-refractivity contribution in [1.82, 2.24) is 19.0 Å². The summed E-state index contributed by atoms with van der Waals surface area (Å²) in [6.45, 7) is 6.85. The fraction of sp³-hybridized carbons (Fsp3) is 0.812. The molecule has 1 aromatic heterocycles. The van der Waals surface area contributed by atoms with Crippen LogP contribution in [-0.2, 0) is 21.8 Å². The SMILES string of the molecule is Cc1cc(S(=O)(=O)N2C[C@H]3CN(C4CCOCC4)C[C@H]3C2)n(C)n1. The van der Waals surface area contributed by atoms with Gasteiger partial charge in [-0.3, -0.25) is 9.58 Å². The molecule has 0 unspecified atom stereocenters. The molecule has 0 amide bonds. The highest BCUT2D eigenvalue weighted by Crippen LogP contribution is 2.36. The largest absolute Gasteiger partial charge is 0.381 e. The van der Waals surface area contributed by atoms with Crippen molar-refractivity contribution in [2.45, 2.75) is 30.8 Å². The summed E-state index contributed by atoms with van der Waals surface area (Å²) in [6.07, 6.45) is 2.21. The topological polar surface area (TPSA) is 67.7 Å². The van der Waals surface area contributed by atoms with Gasteiger partial charge in [0.05, 0.1) is 5.69 Å². The highest BCUT2D eigenvalue weighted by molar-refractivity contribution is 7.89. The second-order valence-corrected chi connectivity index (χ2v) is 9.27. The van der Waals surface area contributed by atoms with Gasteiger partial charge in [0.15, 0.2) is 5.03 Å². The number of nitrogens with zero attached hydrogens (tertiary/aromatic N) is 4. The summed E-state index contributed by atoms with van der Waals surface area (Å²) in [7, 11) is -1.74. The average molecular weight is 354 g/mol. The van der Waals surface area contributed by atoms with Crippen molar-refractivity contribution in [3.8, 4) is 0 Å². The molecular formula is C16H26N4O3S. The molecule has 3 fully saturated rings. The third kappa shape index (κ3) is 2.79. The van der Waals surface area contributed by atoms with Crippen LogP contribution in [0.4, 0.5) is 0 Å². The molecule has 3 saturated heterocycles. The molecule has 0 spiro atoms. The number of fused-ring (bicyclic) bond motifs is 1. The first kappa shape index (κ1) is 16.5. The third-order valence-corrected chi connectivity index (χ3v) is 7.64. The van der Waals surface area contributed by atoms with E-state index < -0.39 is 10.0 Å². The van der Waals surface area contributed by atoms with Crippen molar-refractivity contribution in [1.29, 1.82) is 0 Å². The first-order valence-corrected chi connectivity index (χ1v) is 10.2. The Kier molecular flexibility index (Phi) is 4.19. The van der Waals surface area contributed by atoms with Crippen LogP contribution in [0.5, 0.6) is 0 Å². The summed E-state index contributed by atoms with van der Waals surface area (Å²) >= 11 is 0. The molecule has 2 atom stereocenters. The highest BCUT2D eigenvalue weighted by atomic mass is 32.2. The van der Waals surface area contributed by atoms with E-state index in [9.17, 15) is 8.42 Å². The molecule has 3 aliphatic heterocycles. The number of rotatable bonds is 3. The van der Waals surface area contributed by atoms with Gasteiger partial charge in [0.2, 0.25) is 0 Å². The molecule has 1 aromatic rings. The van der Waals surface area contributed by atoms with Crippen LogP contribution < -0.4 is 0 Å². The van der Waals surface area contributed by atoms with Gasteiger partial charge in [-0.1, -0.05) is 0 Å². The fourth-order valence-electron chi connectivity index (χ4n) is 4.49. The van der Waals surface area contributed by atoms with Crippen molar-refractivity contribution in [2.24, 2.45) is 18.9 Å². The Hall–Kier alpha value is -0.960. The monoisotopic (exact) mass is 354 g/mol. The van der Waals surface area contributed by atoms with Gasteiger partial charge >= 0.3 is 0 Å². The lowest BCUT2D eigenvalue weighted by molar-refractivity contribution is 0.0393. The summed E-state index contributed by atoms with van der Waals surface area (Å²) in [5.74, 6) is 0.911. The quantitative estimate of drug-likeness (QED) is 0.789. The lowest BCUT2D eigenvalue weighted by Crippen LogP contribution is -2.40. The molecule has 0 aromatic carbocycles. The first-order valence-electron chi connectivity index (χ1n) is 8.78. The molecule has 8 heteroatoms. The molecule has 134 valence electrons. The third-order valence-electron chi connectivity index (χ3n) is 5.75. The maximum atomic E-state index is 12.9. The Morgan fingerprint density at radius 1 is 1.12 bits per heavy atom. The van der Waals surface area contributed by atoms with Crippen LogP contribution in [0.15, 0.2) is 11.1 Å². The van der Waals surface area contributed by atoms with E-state index in [1.54, 1.807) is 17.4 Å². The second kappa shape index (κ2) is 6.09. The second-order valence-electron chi connectivity index (χ2n) is 7.39. The maximum absolute atomic E-state index is 12.9. The Labute approximate surface area is 143 Å². The van der Waals surface area contributed by atoms with E-state index in [-0.39, 0.29) is 0 Å². The van der Waals surface area contributed by atoms with Crippen LogP contribution >= 0.6 is 0 Å². The first-order chi connectivity index (χ1) is 11.4. The zero-order chi connectivity index (χ0) is 16.9. The molecule has 0 radical (unpaired) electrons. The molecular weight excluding hydrogens is 328 g/mol. The molecule has 0 saturated carbocycles. The average Bonchev–Trinajstić information content (AvgIpc) is 3.21. The number of hydrogen-bond donors (Lipinski definition) is 0. The molecule has 0 bridgehead atoms. The standard InChI is InChI=1S/C16H26N4O3S/c1-12-7-16(18(2)17-12)24(21,22)20-10-13-8-19(9-14(13)11-20)15-3-5-23-6-4-15/h7,13-15H,3-6,8-11H2,1-2H3/t13-,14+. The van der Waals surface area contributed by atoms with E-state index in [0.29, 0.717) is 36.0 Å². The molecule has 3 aliphatic rings. The van der Waals surface area contributed by atoms with Gasteiger partial charge in [-0.2, -0.15) is 9.40 Å². The molecule has 4 rings (SSSR count). The van der Waals surface area contributed by atoms with E-state index in [0.717, 1.165) is 44.8 Å². The summed E-state index contributed by atoms with van der Waals surface area (Å²) in [5.41, 5.74) is 0.737. The zero-order valence-electron chi connectivity index (χ0n) is 14.4.